The van der Waals surface area contributed by atoms with E-state index in [1.54, 1.807) is 0 Å². The number of pyridine rings is 1. The fraction of sp³-hybridized carbons (Fsp3) is 0. The van der Waals surface area contributed by atoms with Gasteiger partial charge in [0.25, 0.3) is 0 Å². The molecule has 0 fully saturated rings. The highest BCUT2D eigenvalue weighted by atomic mass is 15.1. The first-order valence-corrected chi connectivity index (χ1v) is 11.1. The van der Waals surface area contributed by atoms with Crippen LogP contribution >= 0.6 is 0 Å². The zero-order valence-corrected chi connectivity index (χ0v) is 17.3. The first-order chi connectivity index (χ1) is 15.9. The Kier molecular flexibility index (Phi) is 2.91. The summed E-state index contributed by atoms with van der Waals surface area (Å²) in [6.45, 7) is 0. The molecule has 3 aromatic heterocycles. The van der Waals surface area contributed by atoms with Crippen molar-refractivity contribution in [1.82, 2.24) is 8.97 Å². The highest BCUT2D eigenvalue weighted by Crippen LogP contribution is 2.44. The molecule has 0 amide bonds. The van der Waals surface area contributed by atoms with Crippen molar-refractivity contribution in [2.24, 2.45) is 0 Å². The lowest BCUT2D eigenvalue weighted by molar-refractivity contribution is 1.12. The molecule has 8 aromatic rings. The summed E-state index contributed by atoms with van der Waals surface area (Å²) in [7, 11) is 0. The number of para-hydroxylation sites is 3. The van der Waals surface area contributed by atoms with Crippen molar-refractivity contribution in [2.75, 3.05) is 0 Å². The average Bonchev–Trinajstić information content (AvgIpc) is 3.38. The molecule has 2 nitrogen and oxygen atoms in total. The number of hydrogen-bond donors (Lipinski definition) is 0. The van der Waals surface area contributed by atoms with Crippen LogP contribution in [0.2, 0.25) is 0 Å². The van der Waals surface area contributed by atoms with Gasteiger partial charge in [0.15, 0.2) is 0 Å². The highest BCUT2D eigenvalue weighted by Gasteiger charge is 2.23. The fourth-order valence-electron chi connectivity index (χ4n) is 5.80. The van der Waals surface area contributed by atoms with E-state index in [9.17, 15) is 0 Å². The summed E-state index contributed by atoms with van der Waals surface area (Å²) < 4.78 is 4.94. The Balaban J connectivity index is 1.84. The molecular weight excluding hydrogens is 388 g/mol. The number of hydrogen-bond acceptors (Lipinski definition) is 0. The lowest BCUT2D eigenvalue weighted by Crippen LogP contribution is -1.99. The Bertz CT molecular complexity index is 1970. The molecule has 0 saturated carbocycles. The summed E-state index contributed by atoms with van der Waals surface area (Å²) in [5.74, 6) is 0. The van der Waals surface area contributed by atoms with Crippen molar-refractivity contribution in [3.63, 3.8) is 0 Å². The molecule has 0 spiro atoms. The minimum Gasteiger partial charge on any atom is -0.295 e. The quantitative estimate of drug-likeness (QED) is 0.262. The maximum absolute atomic E-state index is 2.50. The second-order valence-corrected chi connectivity index (χ2v) is 8.60. The second kappa shape index (κ2) is 5.68. The number of nitrogens with zero attached hydrogens (tertiary/aromatic N) is 2. The van der Waals surface area contributed by atoms with Crippen molar-refractivity contribution < 1.29 is 0 Å². The Labute approximate surface area is 183 Å². The molecule has 0 bridgehead atoms. The van der Waals surface area contributed by atoms with Gasteiger partial charge in [-0.1, -0.05) is 84.9 Å². The van der Waals surface area contributed by atoms with Crippen molar-refractivity contribution >= 4 is 59.9 Å². The minimum atomic E-state index is 1.18. The molecule has 148 valence electrons. The van der Waals surface area contributed by atoms with Crippen LogP contribution < -0.4 is 0 Å². The Morgan fingerprint density at radius 1 is 0.438 bits per heavy atom. The topological polar surface area (TPSA) is 9.34 Å². The van der Waals surface area contributed by atoms with Crippen LogP contribution in [-0.2, 0) is 0 Å². The third-order valence-corrected chi connectivity index (χ3v) is 7.02. The normalized spacial score (nSPS) is 12.4. The van der Waals surface area contributed by atoms with Crippen LogP contribution in [0.4, 0.5) is 0 Å². The summed E-state index contributed by atoms with van der Waals surface area (Å²) in [6, 6.07) is 39.7. The fourth-order valence-corrected chi connectivity index (χ4v) is 5.80. The zero-order valence-electron chi connectivity index (χ0n) is 17.3. The molecule has 0 unspecified atom stereocenters. The molecule has 0 saturated heterocycles. The SMILES string of the molecule is c1ccc(-n2c3ccccc3c3c4cccc5ccc6c7ccccc7n(c6c54)c32)cc1. The predicted molar refractivity (Wildman–Crippen MR) is 135 cm³/mol. The first kappa shape index (κ1) is 16.4. The van der Waals surface area contributed by atoms with Gasteiger partial charge in [-0.3, -0.25) is 8.97 Å². The summed E-state index contributed by atoms with van der Waals surface area (Å²) in [5, 5.41) is 9.19. The van der Waals surface area contributed by atoms with E-state index in [0.29, 0.717) is 0 Å². The van der Waals surface area contributed by atoms with Gasteiger partial charge in [-0.2, -0.15) is 0 Å². The van der Waals surface area contributed by atoms with E-state index in [0.717, 1.165) is 0 Å². The van der Waals surface area contributed by atoms with E-state index >= 15 is 0 Å². The van der Waals surface area contributed by atoms with Gasteiger partial charge in [-0.05, 0) is 35.0 Å². The van der Waals surface area contributed by atoms with Crippen LogP contribution in [-0.4, -0.2) is 8.97 Å². The summed E-state index contributed by atoms with van der Waals surface area (Å²) in [6.07, 6.45) is 0. The zero-order chi connectivity index (χ0) is 20.8. The number of fused-ring (bicyclic) bond motifs is 8. The maximum Gasteiger partial charge on any atom is 0.131 e. The predicted octanol–water partition coefficient (Wildman–Crippen LogP) is 7.93. The molecule has 0 N–H and O–H groups in total. The maximum atomic E-state index is 2.50. The molecule has 8 rings (SSSR count). The molecule has 0 radical (unpaired) electrons. The molecule has 0 atom stereocenters. The van der Waals surface area contributed by atoms with E-state index in [4.69, 9.17) is 0 Å². The van der Waals surface area contributed by atoms with Crippen molar-refractivity contribution in [2.45, 2.75) is 0 Å². The number of rotatable bonds is 1. The van der Waals surface area contributed by atoms with Gasteiger partial charge >= 0.3 is 0 Å². The van der Waals surface area contributed by atoms with Crippen LogP contribution in [0.1, 0.15) is 0 Å². The van der Waals surface area contributed by atoms with E-state index in [2.05, 4.69) is 118 Å². The van der Waals surface area contributed by atoms with Gasteiger partial charge < -0.3 is 0 Å². The summed E-state index contributed by atoms with van der Waals surface area (Å²) in [4.78, 5) is 0. The Morgan fingerprint density at radius 3 is 2.03 bits per heavy atom. The highest BCUT2D eigenvalue weighted by molar-refractivity contribution is 6.32. The Morgan fingerprint density at radius 2 is 1.16 bits per heavy atom. The monoisotopic (exact) mass is 406 g/mol. The molecule has 32 heavy (non-hydrogen) atoms. The van der Waals surface area contributed by atoms with E-state index < -0.39 is 0 Å². The van der Waals surface area contributed by atoms with Crippen molar-refractivity contribution in [1.29, 1.82) is 0 Å². The molecule has 2 heteroatoms. The molecule has 0 aliphatic rings. The molecule has 5 aromatic carbocycles. The van der Waals surface area contributed by atoms with Gasteiger partial charge in [0, 0.05) is 32.6 Å². The minimum absolute atomic E-state index is 1.18. The molecular formula is C30H18N2. The van der Waals surface area contributed by atoms with Gasteiger partial charge in [-0.15, -0.1) is 0 Å². The van der Waals surface area contributed by atoms with Crippen LogP contribution in [0.15, 0.2) is 109 Å². The molecule has 3 heterocycles. The first-order valence-electron chi connectivity index (χ1n) is 11.1. The van der Waals surface area contributed by atoms with Crippen LogP contribution in [0, 0.1) is 0 Å². The molecule has 0 aliphatic heterocycles. The van der Waals surface area contributed by atoms with Crippen molar-refractivity contribution in [3.05, 3.63) is 109 Å². The van der Waals surface area contributed by atoms with Crippen LogP contribution in [0.5, 0.6) is 0 Å². The van der Waals surface area contributed by atoms with E-state index in [1.807, 2.05) is 0 Å². The Hall–Kier alpha value is -4.30. The van der Waals surface area contributed by atoms with Gasteiger partial charge in [0.2, 0.25) is 0 Å². The van der Waals surface area contributed by atoms with Gasteiger partial charge in [-0.25, -0.2) is 0 Å². The summed E-state index contributed by atoms with van der Waals surface area (Å²) in [5.41, 5.74) is 6.22. The summed E-state index contributed by atoms with van der Waals surface area (Å²) >= 11 is 0. The van der Waals surface area contributed by atoms with E-state index in [1.165, 1.54) is 65.6 Å². The second-order valence-electron chi connectivity index (χ2n) is 8.60. The van der Waals surface area contributed by atoms with Gasteiger partial charge in [0.05, 0.1) is 16.6 Å². The number of aromatic nitrogens is 2. The average molecular weight is 406 g/mol. The van der Waals surface area contributed by atoms with E-state index in [-0.39, 0.29) is 0 Å². The van der Waals surface area contributed by atoms with Crippen molar-refractivity contribution in [3.8, 4) is 5.69 Å². The van der Waals surface area contributed by atoms with Gasteiger partial charge in [0.1, 0.15) is 5.65 Å². The molecule has 0 aliphatic carbocycles. The smallest absolute Gasteiger partial charge is 0.131 e. The third-order valence-electron chi connectivity index (χ3n) is 7.02. The lowest BCUT2D eigenvalue weighted by Gasteiger charge is -2.13. The van der Waals surface area contributed by atoms with Crippen LogP contribution in [0.3, 0.4) is 0 Å². The number of benzene rings is 5. The van der Waals surface area contributed by atoms with Crippen LogP contribution in [0.25, 0.3) is 65.6 Å². The lowest BCUT2D eigenvalue weighted by atomic mass is 9.99. The largest absolute Gasteiger partial charge is 0.295 e. The standard InChI is InChI=1S/C30H18N2/c1-2-10-20(11-3-1)31-26-16-7-5-13-23(26)28-24-14-8-9-19-17-18-22-21-12-4-6-15-25(21)32(30(28)31)29(22)27(19)24/h1-18H. The third kappa shape index (κ3) is 1.82.